The first-order valence-corrected chi connectivity index (χ1v) is 5.64. The SMILES string of the molecule is N#CC(O)C(O)c1ccccc1-c1ccccc1. The summed E-state index contributed by atoms with van der Waals surface area (Å²) in [5, 5.41) is 28.1. The molecule has 0 aromatic heterocycles. The van der Waals surface area contributed by atoms with Gasteiger partial charge >= 0.3 is 0 Å². The van der Waals surface area contributed by atoms with Gasteiger partial charge in [-0.2, -0.15) is 5.26 Å². The summed E-state index contributed by atoms with van der Waals surface area (Å²) < 4.78 is 0. The van der Waals surface area contributed by atoms with Gasteiger partial charge in [0.25, 0.3) is 0 Å². The number of benzene rings is 2. The minimum Gasteiger partial charge on any atom is -0.385 e. The molecular weight excluding hydrogens is 226 g/mol. The van der Waals surface area contributed by atoms with Crippen LogP contribution in [0.4, 0.5) is 0 Å². The van der Waals surface area contributed by atoms with E-state index in [0.29, 0.717) is 5.56 Å². The second kappa shape index (κ2) is 5.46. The summed E-state index contributed by atoms with van der Waals surface area (Å²) in [5.41, 5.74) is 2.31. The highest BCUT2D eigenvalue weighted by molar-refractivity contribution is 5.67. The van der Waals surface area contributed by atoms with Crippen molar-refractivity contribution in [2.45, 2.75) is 12.2 Å². The molecule has 2 aromatic carbocycles. The Morgan fingerprint density at radius 1 is 0.889 bits per heavy atom. The molecule has 0 saturated heterocycles. The predicted molar refractivity (Wildman–Crippen MR) is 68.5 cm³/mol. The number of nitrogens with zero attached hydrogens (tertiary/aromatic N) is 1. The topological polar surface area (TPSA) is 64.2 Å². The van der Waals surface area contributed by atoms with Gasteiger partial charge in [0, 0.05) is 0 Å². The molecule has 18 heavy (non-hydrogen) atoms. The summed E-state index contributed by atoms with van der Waals surface area (Å²) in [6.07, 6.45) is -2.62. The van der Waals surface area contributed by atoms with Crippen LogP contribution in [0.5, 0.6) is 0 Å². The van der Waals surface area contributed by atoms with Crippen molar-refractivity contribution < 1.29 is 10.2 Å². The standard InChI is InChI=1S/C15H13NO2/c16-10-14(17)15(18)13-9-5-4-8-12(13)11-6-2-1-3-7-11/h1-9,14-15,17-18H. The third kappa shape index (κ3) is 2.40. The Labute approximate surface area is 106 Å². The maximum absolute atomic E-state index is 9.96. The van der Waals surface area contributed by atoms with E-state index < -0.39 is 12.2 Å². The van der Waals surface area contributed by atoms with E-state index in [2.05, 4.69) is 0 Å². The minimum atomic E-state index is -1.42. The Balaban J connectivity index is 2.48. The zero-order chi connectivity index (χ0) is 13.0. The Hall–Kier alpha value is -2.15. The molecule has 0 amide bonds. The second-order valence-electron chi connectivity index (χ2n) is 3.97. The second-order valence-corrected chi connectivity index (χ2v) is 3.97. The fourth-order valence-corrected chi connectivity index (χ4v) is 1.88. The van der Waals surface area contributed by atoms with Crippen LogP contribution in [0.15, 0.2) is 54.6 Å². The van der Waals surface area contributed by atoms with Gasteiger partial charge in [0.15, 0.2) is 6.10 Å². The van der Waals surface area contributed by atoms with Gasteiger partial charge in [0.1, 0.15) is 6.10 Å². The first-order valence-electron chi connectivity index (χ1n) is 5.64. The molecule has 0 radical (unpaired) electrons. The minimum absolute atomic E-state index is 0.553. The van der Waals surface area contributed by atoms with Gasteiger partial charge in [-0.15, -0.1) is 0 Å². The Kier molecular flexibility index (Phi) is 3.73. The lowest BCUT2D eigenvalue weighted by molar-refractivity contribution is 0.0531. The van der Waals surface area contributed by atoms with Crippen molar-refractivity contribution in [2.24, 2.45) is 0 Å². The van der Waals surface area contributed by atoms with E-state index in [4.69, 9.17) is 5.26 Å². The summed E-state index contributed by atoms with van der Waals surface area (Å²) >= 11 is 0. The van der Waals surface area contributed by atoms with Gasteiger partial charge in [0.05, 0.1) is 6.07 Å². The lowest BCUT2D eigenvalue weighted by atomic mass is 9.94. The van der Waals surface area contributed by atoms with Gasteiger partial charge in [-0.3, -0.25) is 0 Å². The average molecular weight is 239 g/mol. The van der Waals surface area contributed by atoms with Crippen LogP contribution in [0, 0.1) is 11.3 Å². The van der Waals surface area contributed by atoms with Crippen molar-refractivity contribution in [3.05, 3.63) is 60.2 Å². The van der Waals surface area contributed by atoms with E-state index in [9.17, 15) is 10.2 Å². The van der Waals surface area contributed by atoms with E-state index in [1.165, 1.54) is 0 Å². The van der Waals surface area contributed by atoms with Crippen LogP contribution in [-0.4, -0.2) is 16.3 Å². The van der Waals surface area contributed by atoms with E-state index in [0.717, 1.165) is 11.1 Å². The van der Waals surface area contributed by atoms with Gasteiger partial charge in [-0.25, -0.2) is 0 Å². The fraction of sp³-hybridized carbons (Fsp3) is 0.133. The zero-order valence-electron chi connectivity index (χ0n) is 9.69. The summed E-state index contributed by atoms with van der Waals surface area (Å²) in [5.74, 6) is 0. The van der Waals surface area contributed by atoms with E-state index in [1.54, 1.807) is 18.2 Å². The maximum atomic E-state index is 9.96. The van der Waals surface area contributed by atoms with Crippen molar-refractivity contribution in [1.82, 2.24) is 0 Å². The number of hydrogen-bond donors (Lipinski definition) is 2. The largest absolute Gasteiger partial charge is 0.385 e. The highest BCUT2D eigenvalue weighted by atomic mass is 16.3. The van der Waals surface area contributed by atoms with Gasteiger partial charge in [-0.1, -0.05) is 54.6 Å². The third-order valence-electron chi connectivity index (χ3n) is 2.80. The Morgan fingerprint density at radius 2 is 1.50 bits per heavy atom. The maximum Gasteiger partial charge on any atom is 0.170 e. The van der Waals surface area contributed by atoms with E-state index in [-0.39, 0.29) is 0 Å². The van der Waals surface area contributed by atoms with Crippen molar-refractivity contribution in [3.63, 3.8) is 0 Å². The van der Waals surface area contributed by atoms with Gasteiger partial charge < -0.3 is 10.2 Å². The number of nitriles is 1. The third-order valence-corrected chi connectivity index (χ3v) is 2.80. The Bertz CT molecular complexity index is 560. The Morgan fingerprint density at radius 3 is 2.17 bits per heavy atom. The van der Waals surface area contributed by atoms with Crippen LogP contribution >= 0.6 is 0 Å². The van der Waals surface area contributed by atoms with Crippen molar-refractivity contribution >= 4 is 0 Å². The molecule has 90 valence electrons. The predicted octanol–water partition coefficient (Wildman–Crippen LogP) is 2.27. The molecule has 2 unspecified atom stereocenters. The van der Waals surface area contributed by atoms with Crippen LogP contribution in [0.2, 0.25) is 0 Å². The molecule has 0 aliphatic rings. The summed E-state index contributed by atoms with van der Waals surface area (Å²) in [6.45, 7) is 0. The number of aliphatic hydroxyl groups is 2. The van der Waals surface area contributed by atoms with Crippen LogP contribution < -0.4 is 0 Å². The lowest BCUT2D eigenvalue weighted by Gasteiger charge is -2.16. The first-order chi connectivity index (χ1) is 8.74. The molecule has 0 bridgehead atoms. The van der Waals surface area contributed by atoms with E-state index >= 15 is 0 Å². The van der Waals surface area contributed by atoms with Gasteiger partial charge in [0.2, 0.25) is 0 Å². The quantitative estimate of drug-likeness (QED) is 0.807. The van der Waals surface area contributed by atoms with Crippen LogP contribution in [-0.2, 0) is 0 Å². The molecule has 0 heterocycles. The molecule has 2 N–H and O–H groups in total. The van der Waals surface area contributed by atoms with Crippen LogP contribution in [0.1, 0.15) is 11.7 Å². The molecule has 0 aliphatic carbocycles. The van der Waals surface area contributed by atoms with Crippen molar-refractivity contribution in [1.29, 1.82) is 5.26 Å². The molecule has 0 saturated carbocycles. The molecular formula is C15H13NO2. The molecule has 2 aromatic rings. The highest BCUT2D eigenvalue weighted by Crippen LogP contribution is 2.29. The zero-order valence-corrected chi connectivity index (χ0v) is 9.69. The molecule has 3 heteroatoms. The smallest absolute Gasteiger partial charge is 0.170 e. The number of rotatable bonds is 3. The first kappa shape index (κ1) is 12.3. The molecule has 0 fully saturated rings. The lowest BCUT2D eigenvalue weighted by Crippen LogP contribution is -2.16. The number of aliphatic hydroxyl groups excluding tert-OH is 2. The molecule has 2 rings (SSSR count). The monoisotopic (exact) mass is 239 g/mol. The van der Waals surface area contributed by atoms with Crippen LogP contribution in [0.3, 0.4) is 0 Å². The summed E-state index contributed by atoms with van der Waals surface area (Å²) in [6, 6.07) is 18.4. The number of hydrogen-bond acceptors (Lipinski definition) is 3. The van der Waals surface area contributed by atoms with Gasteiger partial charge in [-0.05, 0) is 16.7 Å². The summed E-state index contributed by atoms with van der Waals surface area (Å²) in [7, 11) is 0. The van der Waals surface area contributed by atoms with Crippen molar-refractivity contribution in [2.75, 3.05) is 0 Å². The van der Waals surface area contributed by atoms with Crippen molar-refractivity contribution in [3.8, 4) is 17.2 Å². The molecule has 2 atom stereocenters. The van der Waals surface area contributed by atoms with Crippen LogP contribution in [0.25, 0.3) is 11.1 Å². The normalized spacial score (nSPS) is 13.6. The molecule has 3 nitrogen and oxygen atoms in total. The average Bonchev–Trinajstić information content (AvgIpc) is 2.46. The molecule has 0 spiro atoms. The van der Waals surface area contributed by atoms with E-state index in [1.807, 2.05) is 42.5 Å². The fourth-order valence-electron chi connectivity index (χ4n) is 1.88. The highest BCUT2D eigenvalue weighted by Gasteiger charge is 2.20. The summed E-state index contributed by atoms with van der Waals surface area (Å²) in [4.78, 5) is 0. The molecule has 0 aliphatic heterocycles.